The summed E-state index contributed by atoms with van der Waals surface area (Å²) < 4.78 is 11.7. The highest BCUT2D eigenvalue weighted by atomic mass is 127. The van der Waals surface area contributed by atoms with Gasteiger partial charge in [0.1, 0.15) is 23.2 Å². The molecule has 0 radical (unpaired) electrons. The molecular weight excluding hydrogens is 615 g/mol. The van der Waals surface area contributed by atoms with E-state index in [0.29, 0.717) is 10.2 Å². The van der Waals surface area contributed by atoms with Gasteiger partial charge in [0.15, 0.2) is 12.7 Å². The molecule has 1 N–H and O–H groups in total. The number of fused-ring (bicyclic) bond motifs is 1. The van der Waals surface area contributed by atoms with Gasteiger partial charge in [-0.3, -0.25) is 9.59 Å². The molecule has 0 aromatic heterocycles. The Labute approximate surface area is 239 Å². The Bertz CT molecular complexity index is 1260. The van der Waals surface area contributed by atoms with E-state index in [0.717, 1.165) is 11.1 Å². The van der Waals surface area contributed by atoms with Crippen molar-refractivity contribution in [3.8, 4) is 5.75 Å². The number of alkyl halides is 1. The summed E-state index contributed by atoms with van der Waals surface area (Å²) in [5.74, 6) is -0.557. The number of nitrogens with one attached hydrogen (secondary N) is 1. The lowest BCUT2D eigenvalue weighted by molar-refractivity contribution is -0.166. The number of thioether (sulfide) groups is 1. The van der Waals surface area contributed by atoms with E-state index in [1.165, 1.54) is 11.8 Å². The van der Waals surface area contributed by atoms with Crippen LogP contribution in [0.5, 0.6) is 5.75 Å². The van der Waals surface area contributed by atoms with Crippen LogP contribution in [0.4, 0.5) is 0 Å². The number of halogens is 1. The molecule has 0 bridgehead atoms. The monoisotopic (exact) mass is 642 g/mol. The number of benzene rings is 3. The van der Waals surface area contributed by atoms with Gasteiger partial charge >= 0.3 is 5.97 Å². The second-order valence-corrected chi connectivity index (χ2v) is 11.8. The fourth-order valence-corrected chi connectivity index (χ4v) is 7.34. The molecule has 9 heteroatoms. The van der Waals surface area contributed by atoms with Crippen LogP contribution < -0.4 is 10.1 Å². The molecule has 3 aromatic rings. The molecule has 2 saturated heterocycles. The van der Waals surface area contributed by atoms with Crippen LogP contribution in [0.25, 0.3) is 0 Å². The third-order valence-electron chi connectivity index (χ3n) is 6.68. The summed E-state index contributed by atoms with van der Waals surface area (Å²) in [5.41, 5.74) is 1.70. The predicted octanol–water partition coefficient (Wildman–Crippen LogP) is 4.36. The fourth-order valence-electron chi connectivity index (χ4n) is 4.77. The minimum absolute atomic E-state index is 0.198. The Hall–Kier alpha value is -3.05. The van der Waals surface area contributed by atoms with Gasteiger partial charge in [0.25, 0.3) is 5.91 Å². The first-order valence-corrected chi connectivity index (χ1v) is 14.7. The van der Waals surface area contributed by atoms with Crippen LogP contribution in [0.3, 0.4) is 0 Å². The maximum atomic E-state index is 13.8. The van der Waals surface area contributed by atoms with Crippen molar-refractivity contribution in [2.75, 3.05) is 11.0 Å². The first-order chi connectivity index (χ1) is 18.4. The van der Waals surface area contributed by atoms with Crippen molar-refractivity contribution in [1.29, 1.82) is 0 Å². The molecule has 3 aromatic carbocycles. The molecule has 38 heavy (non-hydrogen) atoms. The van der Waals surface area contributed by atoms with Crippen molar-refractivity contribution in [3.05, 3.63) is 102 Å². The molecule has 2 aliphatic rings. The minimum Gasteiger partial charge on any atom is -0.484 e. The molecule has 196 valence electrons. The van der Waals surface area contributed by atoms with E-state index in [1.807, 2.05) is 85.8 Å². The molecule has 0 spiro atoms. The zero-order chi connectivity index (χ0) is 26.7. The molecule has 4 atom stereocenters. The molecular formula is C29H27IN2O5S. The number of para-hydroxylation sites is 1. The van der Waals surface area contributed by atoms with Crippen molar-refractivity contribution in [3.63, 3.8) is 0 Å². The molecule has 3 unspecified atom stereocenters. The second kappa shape index (κ2) is 11.4. The SMILES string of the molecule is CC1(CI)S[C@@H]2C(NC(=O)COc3ccccc3)C(=O)N2C1C(=O)OC(c1ccccc1)c1ccccc1. The molecule has 0 aliphatic carbocycles. The van der Waals surface area contributed by atoms with Crippen molar-refractivity contribution < 1.29 is 23.9 Å². The van der Waals surface area contributed by atoms with E-state index >= 15 is 0 Å². The van der Waals surface area contributed by atoms with Crippen LogP contribution in [0.1, 0.15) is 24.2 Å². The molecule has 2 aliphatic heterocycles. The van der Waals surface area contributed by atoms with Gasteiger partial charge in [0.05, 0.1) is 4.75 Å². The van der Waals surface area contributed by atoms with E-state index in [1.54, 1.807) is 17.0 Å². The van der Waals surface area contributed by atoms with Crippen LogP contribution in [0, 0.1) is 0 Å². The van der Waals surface area contributed by atoms with E-state index in [9.17, 15) is 14.4 Å². The Morgan fingerprint density at radius 1 is 0.974 bits per heavy atom. The van der Waals surface area contributed by atoms with Gasteiger partial charge in [0, 0.05) is 4.43 Å². The van der Waals surface area contributed by atoms with Gasteiger partial charge in [-0.25, -0.2) is 4.79 Å². The highest BCUT2D eigenvalue weighted by Gasteiger charge is 2.65. The summed E-state index contributed by atoms with van der Waals surface area (Å²) in [7, 11) is 0. The first kappa shape index (κ1) is 26.6. The summed E-state index contributed by atoms with van der Waals surface area (Å²) >= 11 is 3.77. The number of ether oxygens (including phenoxy) is 2. The average Bonchev–Trinajstić information content (AvgIpc) is 3.25. The number of hydrogen-bond acceptors (Lipinski definition) is 6. The molecule has 2 heterocycles. The number of carbonyl (C=O) groups is 3. The van der Waals surface area contributed by atoms with Gasteiger partial charge in [-0.05, 0) is 30.2 Å². The standard InChI is InChI=1S/C29H27IN2O5S/c1-29(18-30)25(28(35)37-24(19-11-5-2-6-12-19)20-13-7-3-8-14-20)32-26(34)23(27(32)38-29)31-22(33)17-36-21-15-9-4-10-16-21/h2-16,23-25,27H,17-18H2,1H3,(H,31,33)/t23?,25?,27-,29?/m1/s1. The largest absolute Gasteiger partial charge is 0.484 e. The number of β-lactam (4-membered cyclic amide) rings is 1. The maximum Gasteiger partial charge on any atom is 0.331 e. The zero-order valence-electron chi connectivity index (χ0n) is 20.7. The molecule has 2 fully saturated rings. The normalized spacial score (nSPS) is 23.9. The van der Waals surface area contributed by atoms with E-state index in [2.05, 4.69) is 27.9 Å². The molecule has 7 nitrogen and oxygen atoms in total. The Morgan fingerprint density at radius 2 is 1.53 bits per heavy atom. The maximum absolute atomic E-state index is 13.8. The van der Waals surface area contributed by atoms with Gasteiger partial charge in [-0.1, -0.05) is 101 Å². The third-order valence-corrected chi connectivity index (χ3v) is 10.4. The highest BCUT2D eigenvalue weighted by molar-refractivity contribution is 14.1. The zero-order valence-corrected chi connectivity index (χ0v) is 23.6. The minimum atomic E-state index is -0.773. The number of esters is 1. The van der Waals surface area contributed by atoms with E-state index in [-0.39, 0.29) is 23.8 Å². The average molecular weight is 643 g/mol. The number of nitrogens with zero attached hydrogens (tertiary/aromatic N) is 1. The Morgan fingerprint density at radius 3 is 2.08 bits per heavy atom. The number of hydrogen-bond donors (Lipinski definition) is 1. The topological polar surface area (TPSA) is 84.9 Å². The fraction of sp³-hybridized carbons (Fsp3) is 0.276. The van der Waals surface area contributed by atoms with E-state index in [4.69, 9.17) is 9.47 Å². The second-order valence-electron chi connectivity index (χ2n) is 9.39. The summed E-state index contributed by atoms with van der Waals surface area (Å²) in [6.45, 7) is 1.77. The van der Waals surface area contributed by atoms with Gasteiger partial charge < -0.3 is 19.7 Å². The molecule has 0 saturated carbocycles. The van der Waals surface area contributed by atoms with E-state index < -0.39 is 28.9 Å². The van der Waals surface area contributed by atoms with Crippen molar-refractivity contribution in [2.45, 2.75) is 35.2 Å². The summed E-state index contributed by atoms with van der Waals surface area (Å²) in [5, 5.41) is 2.44. The Balaban J connectivity index is 1.30. The van der Waals surface area contributed by atoms with Crippen LogP contribution in [-0.2, 0) is 19.1 Å². The molecule has 5 rings (SSSR count). The lowest BCUT2D eigenvalue weighted by Crippen LogP contribution is -2.71. The third kappa shape index (κ3) is 5.26. The predicted molar refractivity (Wildman–Crippen MR) is 154 cm³/mol. The summed E-state index contributed by atoms with van der Waals surface area (Å²) in [6, 6.07) is 26.7. The number of rotatable bonds is 9. The van der Waals surface area contributed by atoms with Gasteiger partial charge in [-0.15, -0.1) is 11.8 Å². The van der Waals surface area contributed by atoms with Crippen molar-refractivity contribution >= 4 is 52.1 Å². The van der Waals surface area contributed by atoms with Crippen LogP contribution >= 0.6 is 34.4 Å². The summed E-state index contributed by atoms with van der Waals surface area (Å²) in [6.07, 6.45) is -0.602. The highest BCUT2D eigenvalue weighted by Crippen LogP contribution is 2.52. The van der Waals surface area contributed by atoms with Crippen LogP contribution in [0.15, 0.2) is 91.0 Å². The lowest BCUT2D eigenvalue weighted by Gasteiger charge is -2.44. The van der Waals surface area contributed by atoms with Gasteiger partial charge in [0.2, 0.25) is 5.91 Å². The first-order valence-electron chi connectivity index (χ1n) is 12.2. The van der Waals surface area contributed by atoms with Crippen LogP contribution in [-0.4, -0.2) is 55.9 Å². The number of amides is 2. The van der Waals surface area contributed by atoms with Crippen molar-refractivity contribution in [1.82, 2.24) is 10.2 Å². The van der Waals surface area contributed by atoms with Crippen LogP contribution in [0.2, 0.25) is 0 Å². The number of carbonyl (C=O) groups excluding carboxylic acids is 3. The quantitative estimate of drug-likeness (QED) is 0.162. The summed E-state index contributed by atoms with van der Waals surface area (Å²) in [4.78, 5) is 41.1. The smallest absolute Gasteiger partial charge is 0.331 e. The molecule has 2 amide bonds. The van der Waals surface area contributed by atoms with Crippen molar-refractivity contribution in [2.24, 2.45) is 0 Å². The Kier molecular flexibility index (Phi) is 7.94. The lowest BCUT2D eigenvalue weighted by atomic mass is 9.95. The van der Waals surface area contributed by atoms with Gasteiger partial charge in [-0.2, -0.15) is 0 Å².